The molecule has 3 rings (SSSR count). The molecule has 2 heterocycles. The lowest BCUT2D eigenvalue weighted by atomic mass is 9.93. The molecule has 0 radical (unpaired) electrons. The van der Waals surface area contributed by atoms with Gasteiger partial charge in [-0.3, -0.25) is 0 Å². The van der Waals surface area contributed by atoms with E-state index in [2.05, 4.69) is 6.58 Å². The van der Waals surface area contributed by atoms with Gasteiger partial charge in [0, 0.05) is 12.5 Å². The van der Waals surface area contributed by atoms with E-state index < -0.39 is 11.8 Å². The van der Waals surface area contributed by atoms with Crippen LogP contribution in [0.4, 0.5) is 0 Å². The lowest BCUT2D eigenvalue weighted by Gasteiger charge is -2.35. The van der Waals surface area contributed by atoms with Crippen molar-refractivity contribution in [1.82, 2.24) is 4.90 Å². The van der Waals surface area contributed by atoms with Crippen molar-refractivity contribution in [2.75, 3.05) is 0 Å². The Kier molecular flexibility index (Phi) is 1.48. The molecule has 0 aromatic carbocycles. The summed E-state index contributed by atoms with van der Waals surface area (Å²) in [6, 6.07) is -0.199. The van der Waals surface area contributed by atoms with Crippen LogP contribution in [0.2, 0.25) is 0 Å². The van der Waals surface area contributed by atoms with E-state index in [0.29, 0.717) is 6.42 Å². The van der Waals surface area contributed by atoms with Crippen molar-refractivity contribution in [3.8, 4) is 0 Å². The quantitative estimate of drug-likeness (QED) is 0.309. The molecule has 0 amide bonds. The summed E-state index contributed by atoms with van der Waals surface area (Å²) in [5.41, 5.74) is 0.102. The molecular formula is C10H15NO4. The van der Waals surface area contributed by atoms with E-state index in [1.54, 1.807) is 0 Å². The van der Waals surface area contributed by atoms with E-state index in [1.165, 1.54) is 0 Å². The second-order valence-electron chi connectivity index (χ2n) is 5.14. The SMILES string of the molecule is C=C1CC2N(C(O)(O)CC23CC3)C1(O)O. The number of hydrogen-bond donors (Lipinski definition) is 4. The fourth-order valence-electron chi connectivity index (χ4n) is 3.18. The molecule has 5 nitrogen and oxygen atoms in total. The third-order valence-corrected chi connectivity index (χ3v) is 4.14. The molecule has 2 saturated heterocycles. The van der Waals surface area contributed by atoms with E-state index in [9.17, 15) is 20.4 Å². The van der Waals surface area contributed by atoms with Crippen LogP contribution in [0.25, 0.3) is 0 Å². The monoisotopic (exact) mass is 213 g/mol. The lowest BCUT2D eigenvalue weighted by Crippen LogP contribution is -2.57. The zero-order valence-corrected chi connectivity index (χ0v) is 8.35. The van der Waals surface area contributed by atoms with Gasteiger partial charge in [-0.25, -0.2) is 0 Å². The van der Waals surface area contributed by atoms with Crippen molar-refractivity contribution in [3.63, 3.8) is 0 Å². The molecule has 5 heteroatoms. The fourth-order valence-corrected chi connectivity index (χ4v) is 3.18. The average molecular weight is 213 g/mol. The van der Waals surface area contributed by atoms with Gasteiger partial charge >= 0.3 is 0 Å². The van der Waals surface area contributed by atoms with Gasteiger partial charge in [0.1, 0.15) is 0 Å². The predicted octanol–water partition coefficient (Wildman–Crippen LogP) is -0.922. The standard InChI is InChI=1S/C10H15NO4/c1-6-4-7-8(2-3-8)5-9(12,13)11(7)10(6,14)15/h7,12-15H,1-5H2. The smallest absolute Gasteiger partial charge is 0.253 e. The number of aliphatic hydroxyl groups is 4. The van der Waals surface area contributed by atoms with Crippen molar-refractivity contribution in [1.29, 1.82) is 0 Å². The van der Waals surface area contributed by atoms with Gasteiger partial charge in [0.15, 0.2) is 0 Å². The Bertz CT molecular complexity index is 345. The van der Waals surface area contributed by atoms with Crippen molar-refractivity contribution >= 4 is 0 Å². The van der Waals surface area contributed by atoms with Gasteiger partial charge in [-0.15, -0.1) is 0 Å². The molecule has 3 aliphatic rings. The molecule has 0 bridgehead atoms. The Hall–Kier alpha value is -0.460. The highest BCUT2D eigenvalue weighted by molar-refractivity contribution is 5.26. The molecule has 1 saturated carbocycles. The summed E-state index contributed by atoms with van der Waals surface area (Å²) in [5, 5.41) is 39.2. The van der Waals surface area contributed by atoms with E-state index in [-0.39, 0.29) is 23.5 Å². The highest BCUT2D eigenvalue weighted by Gasteiger charge is 2.72. The van der Waals surface area contributed by atoms with Crippen LogP contribution in [0.3, 0.4) is 0 Å². The van der Waals surface area contributed by atoms with Gasteiger partial charge in [-0.1, -0.05) is 6.58 Å². The minimum atomic E-state index is -2.28. The maximum atomic E-state index is 9.81. The average Bonchev–Trinajstić information content (AvgIpc) is 2.71. The Morgan fingerprint density at radius 3 is 2.33 bits per heavy atom. The second-order valence-corrected chi connectivity index (χ2v) is 5.14. The van der Waals surface area contributed by atoms with Crippen LogP contribution in [0, 0.1) is 5.41 Å². The van der Waals surface area contributed by atoms with Crippen molar-refractivity contribution in [2.24, 2.45) is 5.41 Å². The van der Waals surface area contributed by atoms with Crippen LogP contribution in [0.5, 0.6) is 0 Å². The minimum absolute atomic E-state index is 0.139. The highest BCUT2D eigenvalue weighted by Crippen LogP contribution is 2.66. The molecule has 0 aromatic heterocycles. The Labute approximate surface area is 87.3 Å². The van der Waals surface area contributed by atoms with Crippen molar-refractivity contribution in [2.45, 2.75) is 43.5 Å². The summed E-state index contributed by atoms with van der Waals surface area (Å²) < 4.78 is 0. The van der Waals surface area contributed by atoms with E-state index in [1.807, 2.05) is 0 Å². The first kappa shape index (κ1) is 9.74. The van der Waals surface area contributed by atoms with E-state index in [0.717, 1.165) is 17.7 Å². The third kappa shape index (κ3) is 0.996. The van der Waals surface area contributed by atoms with Crippen LogP contribution >= 0.6 is 0 Å². The van der Waals surface area contributed by atoms with Crippen molar-refractivity contribution in [3.05, 3.63) is 12.2 Å². The molecule has 84 valence electrons. The topological polar surface area (TPSA) is 84.2 Å². The number of nitrogens with zero attached hydrogens (tertiary/aromatic N) is 1. The lowest BCUT2D eigenvalue weighted by molar-refractivity contribution is -0.350. The van der Waals surface area contributed by atoms with Gasteiger partial charge in [-0.2, -0.15) is 4.90 Å². The number of hydrogen-bond acceptors (Lipinski definition) is 5. The van der Waals surface area contributed by atoms with E-state index >= 15 is 0 Å². The summed E-state index contributed by atoms with van der Waals surface area (Å²) in [5.74, 6) is -4.40. The van der Waals surface area contributed by atoms with Gasteiger partial charge in [0.05, 0.1) is 0 Å². The molecule has 2 aliphatic heterocycles. The molecule has 0 aromatic rings. The predicted molar refractivity (Wildman–Crippen MR) is 50.0 cm³/mol. The highest BCUT2D eigenvalue weighted by atomic mass is 16.6. The minimum Gasteiger partial charge on any atom is -0.353 e. The number of fused-ring (bicyclic) bond motifs is 2. The van der Waals surface area contributed by atoms with Gasteiger partial charge in [0.2, 0.25) is 5.91 Å². The number of rotatable bonds is 0. The largest absolute Gasteiger partial charge is 0.353 e. The maximum absolute atomic E-state index is 9.81. The van der Waals surface area contributed by atoms with Gasteiger partial charge in [-0.05, 0) is 30.3 Å². The molecule has 1 unspecified atom stereocenters. The first-order valence-corrected chi connectivity index (χ1v) is 5.17. The molecular weight excluding hydrogens is 198 g/mol. The normalized spacial score (nSPS) is 39.7. The Morgan fingerprint density at radius 2 is 1.80 bits per heavy atom. The first-order chi connectivity index (χ1) is 6.80. The van der Waals surface area contributed by atoms with E-state index in [4.69, 9.17) is 0 Å². The third-order valence-electron chi connectivity index (χ3n) is 4.14. The van der Waals surface area contributed by atoms with Gasteiger partial charge < -0.3 is 20.4 Å². The van der Waals surface area contributed by atoms with Crippen LogP contribution in [0.15, 0.2) is 12.2 Å². The summed E-state index contributed by atoms with van der Waals surface area (Å²) in [6.45, 7) is 3.58. The van der Waals surface area contributed by atoms with Gasteiger partial charge in [0.25, 0.3) is 5.91 Å². The maximum Gasteiger partial charge on any atom is 0.253 e. The molecule has 4 N–H and O–H groups in total. The molecule has 3 fully saturated rings. The van der Waals surface area contributed by atoms with Crippen LogP contribution in [-0.4, -0.2) is 43.2 Å². The second kappa shape index (κ2) is 2.28. The van der Waals surface area contributed by atoms with Crippen LogP contribution in [0.1, 0.15) is 25.7 Å². The van der Waals surface area contributed by atoms with Crippen molar-refractivity contribution < 1.29 is 20.4 Å². The Balaban J connectivity index is 2.07. The zero-order valence-electron chi connectivity index (χ0n) is 8.35. The summed E-state index contributed by atoms with van der Waals surface area (Å²) in [4.78, 5) is 0.995. The molecule has 1 aliphatic carbocycles. The Morgan fingerprint density at radius 1 is 1.20 bits per heavy atom. The molecule has 15 heavy (non-hydrogen) atoms. The molecule has 1 atom stereocenters. The summed E-state index contributed by atoms with van der Waals surface area (Å²) in [6.07, 6.45) is 2.46. The molecule has 1 spiro atoms. The summed E-state index contributed by atoms with van der Waals surface area (Å²) >= 11 is 0. The summed E-state index contributed by atoms with van der Waals surface area (Å²) in [7, 11) is 0. The fraction of sp³-hybridized carbons (Fsp3) is 0.800. The van der Waals surface area contributed by atoms with Crippen LogP contribution in [-0.2, 0) is 0 Å². The van der Waals surface area contributed by atoms with Crippen LogP contribution < -0.4 is 0 Å². The first-order valence-electron chi connectivity index (χ1n) is 5.17. The zero-order chi connectivity index (χ0) is 11.1.